The van der Waals surface area contributed by atoms with Crippen LogP contribution in [-0.2, 0) is 0 Å². The van der Waals surface area contributed by atoms with Crippen LogP contribution in [0.25, 0.3) is 10.9 Å². The third-order valence-corrected chi connectivity index (χ3v) is 5.21. The minimum Gasteiger partial charge on any atom is -0.367 e. The van der Waals surface area contributed by atoms with E-state index >= 15 is 0 Å². The van der Waals surface area contributed by atoms with Gasteiger partial charge in [0.15, 0.2) is 0 Å². The summed E-state index contributed by atoms with van der Waals surface area (Å²) in [5, 5.41) is 4.35. The van der Waals surface area contributed by atoms with Crippen LogP contribution in [-0.4, -0.2) is 48.1 Å². The molecule has 0 aliphatic carbocycles. The molecule has 4 rings (SSSR count). The first kappa shape index (κ1) is 17.7. The normalized spacial score (nSPS) is 16.5. The number of nitrogens with one attached hydrogen (secondary N) is 1. The number of rotatable bonds is 4. The molecule has 3 aromatic rings. The largest absolute Gasteiger partial charge is 0.367 e. The molecule has 1 fully saturated rings. The molecule has 2 heterocycles. The molecule has 1 atom stereocenters. The quantitative estimate of drug-likeness (QED) is 0.764. The molecule has 0 bridgehead atoms. The highest BCUT2D eigenvalue weighted by molar-refractivity contribution is 5.88. The van der Waals surface area contributed by atoms with Crippen molar-refractivity contribution in [2.45, 2.75) is 13.0 Å². The maximum absolute atomic E-state index is 14.8. The number of nitrogens with zero attached hydrogens (tertiary/aromatic N) is 4. The number of halogens is 1. The molecule has 0 spiro atoms. The van der Waals surface area contributed by atoms with Crippen LogP contribution in [0.4, 0.5) is 15.9 Å². The molecule has 0 amide bonds. The van der Waals surface area contributed by atoms with E-state index in [9.17, 15) is 4.39 Å². The summed E-state index contributed by atoms with van der Waals surface area (Å²) in [5.74, 6) is 0.593. The van der Waals surface area contributed by atoms with Crippen LogP contribution in [0.5, 0.6) is 0 Å². The molecule has 2 aromatic carbocycles. The number of likely N-dealkylation sites (N-methyl/N-ethyl adjacent to an activating group) is 1. The lowest BCUT2D eigenvalue weighted by molar-refractivity contribution is 0.311. The monoisotopic (exact) mass is 365 g/mol. The van der Waals surface area contributed by atoms with Crippen molar-refractivity contribution < 1.29 is 4.39 Å². The van der Waals surface area contributed by atoms with Crippen molar-refractivity contribution in [2.75, 3.05) is 43.4 Å². The van der Waals surface area contributed by atoms with E-state index in [1.165, 1.54) is 0 Å². The lowest BCUT2D eigenvalue weighted by Gasteiger charge is -2.34. The van der Waals surface area contributed by atoms with Crippen LogP contribution in [0, 0.1) is 5.82 Å². The smallest absolute Gasteiger partial charge is 0.146 e. The predicted octanol–water partition coefficient (Wildman–Crippen LogP) is 3.69. The van der Waals surface area contributed by atoms with Gasteiger partial charge < -0.3 is 15.1 Å². The second-order valence-electron chi connectivity index (χ2n) is 7.11. The van der Waals surface area contributed by atoms with Gasteiger partial charge in [-0.3, -0.25) is 0 Å². The van der Waals surface area contributed by atoms with Gasteiger partial charge in [0.2, 0.25) is 0 Å². The predicted molar refractivity (Wildman–Crippen MR) is 108 cm³/mol. The van der Waals surface area contributed by atoms with Gasteiger partial charge in [-0.1, -0.05) is 18.2 Å². The Morgan fingerprint density at radius 1 is 1.04 bits per heavy atom. The van der Waals surface area contributed by atoms with E-state index in [-0.39, 0.29) is 11.9 Å². The highest BCUT2D eigenvalue weighted by Crippen LogP contribution is 2.27. The van der Waals surface area contributed by atoms with Crippen LogP contribution >= 0.6 is 0 Å². The molecular weight excluding hydrogens is 341 g/mol. The summed E-state index contributed by atoms with van der Waals surface area (Å²) in [6.45, 7) is 5.64. The van der Waals surface area contributed by atoms with E-state index in [0.717, 1.165) is 48.5 Å². The molecule has 0 saturated carbocycles. The Morgan fingerprint density at radius 3 is 2.59 bits per heavy atom. The second kappa shape index (κ2) is 7.48. The average molecular weight is 365 g/mol. The SMILES string of the molecule is CC(Nc1ncnc2ccccc12)c1ccc(N2CCN(C)CC2)c(F)c1. The van der Waals surface area contributed by atoms with Crippen LogP contribution in [0.2, 0.25) is 0 Å². The van der Waals surface area contributed by atoms with Crippen molar-refractivity contribution in [3.8, 4) is 0 Å². The Morgan fingerprint density at radius 2 is 1.81 bits per heavy atom. The topological polar surface area (TPSA) is 44.3 Å². The molecule has 0 radical (unpaired) electrons. The van der Waals surface area contributed by atoms with Gasteiger partial charge in [0.05, 0.1) is 17.2 Å². The van der Waals surface area contributed by atoms with Gasteiger partial charge in [-0.05, 0) is 43.8 Å². The Labute approximate surface area is 158 Å². The van der Waals surface area contributed by atoms with Gasteiger partial charge in [-0.2, -0.15) is 0 Å². The zero-order chi connectivity index (χ0) is 18.8. The van der Waals surface area contributed by atoms with Crippen molar-refractivity contribution in [1.29, 1.82) is 0 Å². The molecule has 1 unspecified atom stereocenters. The van der Waals surface area contributed by atoms with E-state index < -0.39 is 0 Å². The third-order valence-electron chi connectivity index (χ3n) is 5.21. The molecule has 5 nitrogen and oxygen atoms in total. The summed E-state index contributed by atoms with van der Waals surface area (Å²) in [4.78, 5) is 13.0. The molecular formula is C21H24FN5. The fraction of sp³-hybridized carbons (Fsp3) is 0.333. The van der Waals surface area contributed by atoms with Crippen LogP contribution < -0.4 is 10.2 Å². The van der Waals surface area contributed by atoms with Gasteiger partial charge in [0, 0.05) is 31.6 Å². The van der Waals surface area contributed by atoms with Crippen molar-refractivity contribution >= 4 is 22.4 Å². The number of aromatic nitrogens is 2. The van der Waals surface area contributed by atoms with Gasteiger partial charge in [0.1, 0.15) is 18.0 Å². The summed E-state index contributed by atoms with van der Waals surface area (Å²) in [6.07, 6.45) is 1.55. The van der Waals surface area contributed by atoms with Crippen molar-refractivity contribution in [3.05, 3.63) is 60.2 Å². The number of benzene rings is 2. The maximum atomic E-state index is 14.8. The highest BCUT2D eigenvalue weighted by Gasteiger charge is 2.18. The average Bonchev–Trinajstić information content (AvgIpc) is 2.69. The highest BCUT2D eigenvalue weighted by atomic mass is 19.1. The minimum atomic E-state index is -0.168. The fourth-order valence-corrected chi connectivity index (χ4v) is 3.50. The van der Waals surface area contributed by atoms with E-state index in [2.05, 4.69) is 32.1 Å². The number of fused-ring (bicyclic) bond motifs is 1. The van der Waals surface area contributed by atoms with Crippen molar-refractivity contribution in [3.63, 3.8) is 0 Å². The molecule has 1 aliphatic heterocycles. The number of para-hydroxylation sites is 1. The molecule has 6 heteroatoms. The number of anilines is 2. The lowest BCUT2D eigenvalue weighted by Crippen LogP contribution is -2.44. The van der Waals surface area contributed by atoms with Crippen LogP contribution in [0.3, 0.4) is 0 Å². The summed E-state index contributed by atoms with van der Waals surface area (Å²) >= 11 is 0. The first-order chi connectivity index (χ1) is 13.1. The van der Waals surface area contributed by atoms with E-state index in [0.29, 0.717) is 5.69 Å². The molecule has 1 aromatic heterocycles. The maximum Gasteiger partial charge on any atom is 0.146 e. The molecule has 1 aliphatic rings. The van der Waals surface area contributed by atoms with Gasteiger partial charge in [0.25, 0.3) is 0 Å². The summed E-state index contributed by atoms with van der Waals surface area (Å²) in [5.41, 5.74) is 2.47. The first-order valence-electron chi connectivity index (χ1n) is 9.31. The fourth-order valence-electron chi connectivity index (χ4n) is 3.50. The summed E-state index contributed by atoms with van der Waals surface area (Å²) in [7, 11) is 2.10. The molecule has 140 valence electrons. The standard InChI is InChI=1S/C21H24FN5/c1-15(25-21-17-5-3-4-6-19(17)23-14-24-21)16-7-8-20(18(22)13-16)27-11-9-26(2)10-12-27/h3-8,13-15H,9-12H2,1-2H3,(H,23,24,25). The number of piperazine rings is 1. The Bertz CT molecular complexity index is 932. The van der Waals surface area contributed by atoms with Crippen molar-refractivity contribution in [2.24, 2.45) is 0 Å². The van der Waals surface area contributed by atoms with Crippen LogP contribution in [0.15, 0.2) is 48.8 Å². The summed E-state index contributed by atoms with van der Waals surface area (Å²) < 4.78 is 14.8. The van der Waals surface area contributed by atoms with Crippen molar-refractivity contribution in [1.82, 2.24) is 14.9 Å². The van der Waals surface area contributed by atoms with E-state index in [1.54, 1.807) is 12.4 Å². The molecule has 1 saturated heterocycles. The second-order valence-corrected chi connectivity index (χ2v) is 7.11. The summed E-state index contributed by atoms with van der Waals surface area (Å²) in [6, 6.07) is 13.3. The Balaban J connectivity index is 1.53. The first-order valence-corrected chi connectivity index (χ1v) is 9.31. The van der Waals surface area contributed by atoms with Gasteiger partial charge in [-0.15, -0.1) is 0 Å². The number of hydrogen-bond donors (Lipinski definition) is 1. The van der Waals surface area contributed by atoms with Gasteiger partial charge in [-0.25, -0.2) is 14.4 Å². The van der Waals surface area contributed by atoms with E-state index in [4.69, 9.17) is 0 Å². The molecule has 1 N–H and O–H groups in total. The zero-order valence-corrected chi connectivity index (χ0v) is 15.7. The molecule has 27 heavy (non-hydrogen) atoms. The Hall–Kier alpha value is -2.73. The lowest BCUT2D eigenvalue weighted by atomic mass is 10.1. The van der Waals surface area contributed by atoms with Crippen LogP contribution in [0.1, 0.15) is 18.5 Å². The third kappa shape index (κ3) is 3.71. The van der Waals surface area contributed by atoms with E-state index in [1.807, 2.05) is 43.3 Å². The zero-order valence-electron chi connectivity index (χ0n) is 15.7. The Kier molecular flexibility index (Phi) is 4.90. The van der Waals surface area contributed by atoms with Gasteiger partial charge >= 0.3 is 0 Å². The minimum absolute atomic E-state index is 0.0701. The number of hydrogen-bond acceptors (Lipinski definition) is 5.